The number of nitrogens with zero attached hydrogens (tertiary/aromatic N) is 1. The van der Waals surface area contributed by atoms with Gasteiger partial charge in [-0.1, -0.05) is 42.5 Å². The van der Waals surface area contributed by atoms with Gasteiger partial charge >= 0.3 is 0 Å². The highest BCUT2D eigenvalue weighted by Crippen LogP contribution is 2.15. The van der Waals surface area contributed by atoms with Crippen LogP contribution in [0.5, 0.6) is 5.75 Å². The van der Waals surface area contributed by atoms with Gasteiger partial charge < -0.3 is 10.1 Å². The third-order valence-electron chi connectivity index (χ3n) is 4.17. The van der Waals surface area contributed by atoms with Crippen LogP contribution in [0.4, 0.5) is 11.5 Å². The predicted molar refractivity (Wildman–Crippen MR) is 112 cm³/mol. The molecule has 1 aromatic heterocycles. The number of methoxy groups -OCH3 is 1. The molecule has 0 aliphatic heterocycles. The van der Waals surface area contributed by atoms with Crippen LogP contribution >= 0.6 is 0 Å². The van der Waals surface area contributed by atoms with Crippen LogP contribution in [-0.2, 0) is 23.0 Å². The number of sulfonamides is 1. The van der Waals surface area contributed by atoms with Crippen molar-refractivity contribution in [2.45, 2.75) is 13.0 Å². The van der Waals surface area contributed by atoms with Gasteiger partial charge in [0.25, 0.3) is 0 Å². The zero-order chi connectivity index (χ0) is 19.8. The molecule has 0 amide bonds. The fourth-order valence-electron chi connectivity index (χ4n) is 2.62. The van der Waals surface area contributed by atoms with Crippen LogP contribution < -0.4 is 14.8 Å². The minimum Gasteiger partial charge on any atom is -0.497 e. The molecule has 2 aromatic carbocycles. The van der Waals surface area contributed by atoms with Gasteiger partial charge in [-0.3, -0.25) is 4.72 Å². The number of anilines is 2. The van der Waals surface area contributed by atoms with Crippen molar-refractivity contribution in [3.63, 3.8) is 0 Å². The molecule has 3 rings (SSSR count). The average Bonchev–Trinajstić information content (AvgIpc) is 2.73. The molecule has 0 aliphatic carbocycles. The minimum atomic E-state index is -3.43. The molecule has 3 aromatic rings. The highest BCUT2D eigenvalue weighted by atomic mass is 32.2. The van der Waals surface area contributed by atoms with E-state index in [4.69, 9.17) is 4.74 Å². The number of hydrogen-bond acceptors (Lipinski definition) is 5. The normalized spacial score (nSPS) is 11.0. The van der Waals surface area contributed by atoms with Crippen LogP contribution in [0.25, 0.3) is 0 Å². The molecule has 0 unspecified atom stereocenters. The molecular weight excluding hydrogens is 374 g/mol. The first kappa shape index (κ1) is 19.7. The molecule has 0 fully saturated rings. The molecule has 1 heterocycles. The van der Waals surface area contributed by atoms with Crippen LogP contribution in [0.1, 0.15) is 11.1 Å². The summed E-state index contributed by atoms with van der Waals surface area (Å²) in [7, 11) is -1.80. The Balaban J connectivity index is 1.51. The SMILES string of the molecule is COc1ccc(CNc2ccc(NS(=O)(=O)CCc3ccccc3)cn2)cc1. The van der Waals surface area contributed by atoms with E-state index in [0.29, 0.717) is 24.5 Å². The molecule has 0 spiro atoms. The number of ether oxygens (including phenoxy) is 1. The zero-order valence-electron chi connectivity index (χ0n) is 15.6. The van der Waals surface area contributed by atoms with E-state index in [9.17, 15) is 8.42 Å². The summed E-state index contributed by atoms with van der Waals surface area (Å²) in [6.07, 6.45) is 1.97. The summed E-state index contributed by atoms with van der Waals surface area (Å²) in [5, 5.41) is 3.21. The summed E-state index contributed by atoms with van der Waals surface area (Å²) in [6, 6.07) is 20.7. The Morgan fingerprint density at radius 2 is 1.68 bits per heavy atom. The fraction of sp³-hybridized carbons (Fsp3) is 0.190. The molecule has 0 radical (unpaired) electrons. The lowest BCUT2D eigenvalue weighted by Crippen LogP contribution is -2.18. The van der Waals surface area contributed by atoms with E-state index in [2.05, 4.69) is 15.0 Å². The Kier molecular flexibility index (Phi) is 6.49. The topological polar surface area (TPSA) is 80.3 Å². The molecule has 28 heavy (non-hydrogen) atoms. The van der Waals surface area contributed by atoms with Gasteiger partial charge in [0.1, 0.15) is 11.6 Å². The maximum Gasteiger partial charge on any atom is 0.233 e. The van der Waals surface area contributed by atoms with Crippen molar-refractivity contribution in [3.8, 4) is 5.75 Å². The van der Waals surface area contributed by atoms with Gasteiger partial charge in [0.05, 0.1) is 24.7 Å². The lowest BCUT2D eigenvalue weighted by atomic mass is 10.2. The zero-order valence-corrected chi connectivity index (χ0v) is 16.4. The van der Waals surface area contributed by atoms with Gasteiger partial charge in [0.15, 0.2) is 0 Å². The molecule has 6 nitrogen and oxygen atoms in total. The van der Waals surface area contributed by atoms with Crippen molar-refractivity contribution in [2.75, 3.05) is 22.9 Å². The van der Waals surface area contributed by atoms with Crippen LogP contribution in [0.15, 0.2) is 72.9 Å². The van der Waals surface area contributed by atoms with E-state index in [0.717, 1.165) is 16.9 Å². The lowest BCUT2D eigenvalue weighted by molar-refractivity contribution is 0.414. The van der Waals surface area contributed by atoms with E-state index in [1.54, 1.807) is 19.2 Å². The van der Waals surface area contributed by atoms with Gasteiger partial charge in [-0.25, -0.2) is 13.4 Å². The second-order valence-electron chi connectivity index (χ2n) is 6.29. The summed E-state index contributed by atoms with van der Waals surface area (Å²) in [6.45, 7) is 0.610. The minimum absolute atomic E-state index is 0.0223. The van der Waals surface area contributed by atoms with Crippen LogP contribution in [0.2, 0.25) is 0 Å². The van der Waals surface area contributed by atoms with Gasteiger partial charge in [0.2, 0.25) is 10.0 Å². The van der Waals surface area contributed by atoms with Gasteiger partial charge in [-0.05, 0) is 41.8 Å². The first-order chi connectivity index (χ1) is 13.5. The molecule has 0 bridgehead atoms. The molecule has 7 heteroatoms. The fourth-order valence-corrected chi connectivity index (χ4v) is 3.71. The van der Waals surface area contributed by atoms with Crippen molar-refractivity contribution in [2.24, 2.45) is 0 Å². The Morgan fingerprint density at radius 3 is 2.32 bits per heavy atom. The Bertz CT molecular complexity index is 974. The number of hydrogen-bond donors (Lipinski definition) is 2. The highest BCUT2D eigenvalue weighted by Gasteiger charge is 2.11. The smallest absolute Gasteiger partial charge is 0.233 e. The standard InChI is InChI=1S/C21H23N3O3S/c1-27-20-10-7-18(8-11-20)15-22-21-12-9-19(16-23-21)24-28(25,26)14-13-17-5-3-2-4-6-17/h2-12,16,24H,13-15H2,1H3,(H,22,23). The number of benzene rings is 2. The van der Waals surface area contributed by atoms with Crippen molar-refractivity contribution >= 4 is 21.5 Å². The lowest BCUT2D eigenvalue weighted by Gasteiger charge is -2.10. The number of aryl methyl sites for hydroxylation is 1. The van der Waals surface area contributed by atoms with Gasteiger partial charge in [0, 0.05) is 6.54 Å². The van der Waals surface area contributed by atoms with Gasteiger partial charge in [-0.15, -0.1) is 0 Å². The van der Waals surface area contributed by atoms with E-state index in [1.807, 2.05) is 54.6 Å². The summed E-state index contributed by atoms with van der Waals surface area (Å²) in [5.41, 5.74) is 2.53. The predicted octanol–water partition coefficient (Wildman–Crippen LogP) is 3.69. The van der Waals surface area contributed by atoms with E-state index in [1.165, 1.54) is 6.20 Å². The Hall–Kier alpha value is -3.06. The Labute approximate surface area is 165 Å². The maximum absolute atomic E-state index is 12.3. The molecular formula is C21H23N3O3S. The van der Waals surface area contributed by atoms with Crippen molar-refractivity contribution in [1.82, 2.24) is 4.98 Å². The van der Waals surface area contributed by atoms with Crippen LogP contribution in [-0.4, -0.2) is 26.3 Å². The summed E-state index contributed by atoms with van der Waals surface area (Å²) >= 11 is 0. The largest absolute Gasteiger partial charge is 0.497 e. The first-order valence-electron chi connectivity index (χ1n) is 8.91. The number of rotatable bonds is 9. The van der Waals surface area contributed by atoms with E-state index in [-0.39, 0.29) is 5.75 Å². The summed E-state index contributed by atoms with van der Waals surface area (Å²) < 4.78 is 32.2. The van der Waals surface area contributed by atoms with E-state index >= 15 is 0 Å². The quantitative estimate of drug-likeness (QED) is 0.576. The first-order valence-corrected chi connectivity index (χ1v) is 10.6. The number of nitrogens with one attached hydrogen (secondary N) is 2. The maximum atomic E-state index is 12.3. The van der Waals surface area contributed by atoms with Crippen LogP contribution in [0, 0.1) is 0 Å². The van der Waals surface area contributed by atoms with Crippen molar-refractivity contribution in [1.29, 1.82) is 0 Å². The number of aromatic nitrogens is 1. The molecule has 146 valence electrons. The Morgan fingerprint density at radius 1 is 0.929 bits per heavy atom. The second kappa shape index (κ2) is 9.23. The third kappa shape index (κ3) is 5.99. The van der Waals surface area contributed by atoms with Gasteiger partial charge in [-0.2, -0.15) is 0 Å². The number of pyridine rings is 1. The molecule has 2 N–H and O–H groups in total. The third-order valence-corrected chi connectivity index (χ3v) is 5.46. The molecule has 0 saturated carbocycles. The second-order valence-corrected chi connectivity index (χ2v) is 8.13. The van der Waals surface area contributed by atoms with Crippen LogP contribution in [0.3, 0.4) is 0 Å². The van der Waals surface area contributed by atoms with Crippen molar-refractivity contribution < 1.29 is 13.2 Å². The molecule has 0 atom stereocenters. The summed E-state index contributed by atoms with van der Waals surface area (Å²) in [4.78, 5) is 4.27. The molecule has 0 saturated heterocycles. The average molecular weight is 398 g/mol. The van der Waals surface area contributed by atoms with E-state index < -0.39 is 10.0 Å². The monoisotopic (exact) mass is 397 g/mol. The highest BCUT2D eigenvalue weighted by molar-refractivity contribution is 7.92. The van der Waals surface area contributed by atoms with Crippen molar-refractivity contribution in [3.05, 3.63) is 84.1 Å². The molecule has 0 aliphatic rings. The summed E-state index contributed by atoms with van der Waals surface area (Å²) in [5.74, 6) is 1.50.